The molecule has 1 aromatic rings. The number of hydrogen-bond donors (Lipinski definition) is 1. The molecule has 0 saturated carbocycles. The molecule has 0 saturated heterocycles. The average molecular weight is 151 g/mol. The molecule has 0 fully saturated rings. The molecule has 0 atom stereocenters. The molecule has 1 N–H and O–H groups in total. The van der Waals surface area contributed by atoms with Crippen molar-refractivity contribution in [1.29, 1.82) is 5.26 Å². The van der Waals surface area contributed by atoms with Crippen LogP contribution in [-0.2, 0) is 0 Å². The largest absolute Gasteiger partial charge is 0.514 e. The highest BCUT2D eigenvalue weighted by atomic mass is 32.1. The molecule has 1 rings (SSSR count). The molecule has 1 heterocycles. The molecule has 0 aliphatic heterocycles. The topological polar surface area (TPSA) is 44.0 Å². The van der Waals surface area contributed by atoms with Gasteiger partial charge in [-0.1, -0.05) is 0 Å². The summed E-state index contributed by atoms with van der Waals surface area (Å²) in [5, 5.41) is 20.6. The van der Waals surface area contributed by atoms with E-state index in [9.17, 15) is 0 Å². The van der Waals surface area contributed by atoms with E-state index < -0.39 is 0 Å². The van der Waals surface area contributed by atoms with Crippen LogP contribution in [0.15, 0.2) is 23.1 Å². The van der Waals surface area contributed by atoms with E-state index in [-0.39, 0.29) is 0 Å². The lowest BCUT2D eigenvalue weighted by atomic mass is 10.2. The Labute approximate surface area is 62.7 Å². The van der Waals surface area contributed by atoms with E-state index in [0.29, 0.717) is 5.57 Å². The van der Waals surface area contributed by atoms with Crippen LogP contribution in [0, 0.1) is 11.3 Å². The predicted molar refractivity (Wildman–Crippen MR) is 40.5 cm³/mol. The maximum Gasteiger partial charge on any atom is 0.103 e. The molecule has 0 amide bonds. The highest BCUT2D eigenvalue weighted by molar-refractivity contribution is 7.08. The Balaban J connectivity index is 2.99. The van der Waals surface area contributed by atoms with Gasteiger partial charge in [0.05, 0.1) is 11.8 Å². The maximum atomic E-state index is 8.52. The number of allylic oxidation sites excluding steroid dienone is 1. The Bertz CT molecular complexity index is 268. The Hall–Kier alpha value is -1.27. The van der Waals surface area contributed by atoms with Crippen molar-refractivity contribution in [3.8, 4) is 6.07 Å². The van der Waals surface area contributed by atoms with Crippen LogP contribution < -0.4 is 0 Å². The number of thiophene rings is 1. The third-order valence-electron chi connectivity index (χ3n) is 1.08. The highest BCUT2D eigenvalue weighted by Crippen LogP contribution is 2.15. The van der Waals surface area contributed by atoms with Gasteiger partial charge >= 0.3 is 0 Å². The van der Waals surface area contributed by atoms with E-state index in [2.05, 4.69) is 0 Å². The minimum Gasteiger partial charge on any atom is -0.514 e. The lowest BCUT2D eigenvalue weighted by Crippen LogP contribution is -1.73. The first-order chi connectivity index (χ1) is 4.88. The summed E-state index contributed by atoms with van der Waals surface area (Å²) in [4.78, 5) is 0. The van der Waals surface area contributed by atoms with Crippen molar-refractivity contribution >= 4 is 16.9 Å². The van der Waals surface area contributed by atoms with E-state index >= 15 is 0 Å². The quantitative estimate of drug-likeness (QED) is 0.493. The molecule has 0 spiro atoms. The van der Waals surface area contributed by atoms with Crippen molar-refractivity contribution < 1.29 is 5.11 Å². The number of nitrogens with zero attached hydrogens (tertiary/aromatic N) is 1. The summed E-state index contributed by atoms with van der Waals surface area (Å²) in [6.07, 6.45) is 0.821. The number of rotatable bonds is 1. The zero-order chi connectivity index (χ0) is 7.40. The summed E-state index contributed by atoms with van der Waals surface area (Å²) in [5.74, 6) is 0. The van der Waals surface area contributed by atoms with Gasteiger partial charge in [0, 0.05) is 5.56 Å². The van der Waals surface area contributed by atoms with Crippen molar-refractivity contribution in [3.05, 3.63) is 28.7 Å². The number of hydrogen-bond acceptors (Lipinski definition) is 3. The number of aliphatic hydroxyl groups is 1. The van der Waals surface area contributed by atoms with Crippen LogP contribution in [0.1, 0.15) is 5.56 Å². The first-order valence-electron chi connectivity index (χ1n) is 2.65. The van der Waals surface area contributed by atoms with Crippen LogP contribution in [-0.4, -0.2) is 5.11 Å². The zero-order valence-electron chi connectivity index (χ0n) is 5.11. The van der Waals surface area contributed by atoms with E-state index in [0.717, 1.165) is 11.8 Å². The first kappa shape index (κ1) is 6.84. The second-order valence-corrected chi connectivity index (χ2v) is 2.45. The summed E-state index contributed by atoms with van der Waals surface area (Å²) in [5.41, 5.74) is 1.08. The van der Waals surface area contributed by atoms with E-state index in [1.54, 1.807) is 6.07 Å². The molecule has 0 aliphatic carbocycles. The van der Waals surface area contributed by atoms with Crippen LogP contribution in [0.3, 0.4) is 0 Å². The lowest BCUT2D eigenvalue weighted by molar-refractivity contribution is 0.476. The lowest BCUT2D eigenvalue weighted by Gasteiger charge is -1.86. The number of aliphatic hydroxyl groups excluding tert-OH is 1. The third kappa shape index (κ3) is 1.17. The second-order valence-electron chi connectivity index (χ2n) is 1.67. The SMILES string of the molecule is N#C/C(=C\O)c1ccsc1. The summed E-state index contributed by atoms with van der Waals surface area (Å²) in [6, 6.07) is 3.66. The molecule has 0 bridgehead atoms. The van der Waals surface area contributed by atoms with Crippen molar-refractivity contribution in [2.24, 2.45) is 0 Å². The third-order valence-corrected chi connectivity index (χ3v) is 1.76. The van der Waals surface area contributed by atoms with E-state index in [1.165, 1.54) is 11.3 Å². The average Bonchev–Trinajstić information content (AvgIpc) is 2.43. The van der Waals surface area contributed by atoms with Crippen molar-refractivity contribution in [2.75, 3.05) is 0 Å². The summed E-state index contributed by atoms with van der Waals surface area (Å²) in [7, 11) is 0. The van der Waals surface area contributed by atoms with Gasteiger partial charge in [-0.25, -0.2) is 0 Å². The molecule has 2 nitrogen and oxygen atoms in total. The molecule has 0 aromatic carbocycles. The number of nitriles is 1. The zero-order valence-corrected chi connectivity index (χ0v) is 5.93. The van der Waals surface area contributed by atoms with Gasteiger partial charge in [-0.15, -0.1) is 0 Å². The normalized spacial score (nSPS) is 10.9. The fourth-order valence-electron chi connectivity index (χ4n) is 0.586. The minimum atomic E-state index is 0.307. The van der Waals surface area contributed by atoms with Crippen molar-refractivity contribution in [3.63, 3.8) is 0 Å². The van der Waals surface area contributed by atoms with Gasteiger partial charge in [-0.2, -0.15) is 16.6 Å². The van der Waals surface area contributed by atoms with Gasteiger partial charge in [-0.3, -0.25) is 0 Å². The summed E-state index contributed by atoms with van der Waals surface area (Å²) < 4.78 is 0. The molecular weight excluding hydrogens is 146 g/mol. The van der Waals surface area contributed by atoms with Gasteiger partial charge in [0.15, 0.2) is 0 Å². The maximum absolute atomic E-state index is 8.52. The van der Waals surface area contributed by atoms with E-state index in [1.807, 2.05) is 16.8 Å². The van der Waals surface area contributed by atoms with Crippen LogP contribution in [0.4, 0.5) is 0 Å². The van der Waals surface area contributed by atoms with Gasteiger partial charge in [0.2, 0.25) is 0 Å². The van der Waals surface area contributed by atoms with Crippen molar-refractivity contribution in [2.45, 2.75) is 0 Å². The van der Waals surface area contributed by atoms with Gasteiger partial charge in [0.25, 0.3) is 0 Å². The fourth-order valence-corrected chi connectivity index (χ4v) is 1.24. The van der Waals surface area contributed by atoms with Crippen LogP contribution >= 0.6 is 11.3 Å². The molecule has 0 unspecified atom stereocenters. The van der Waals surface area contributed by atoms with Crippen LogP contribution in [0.5, 0.6) is 0 Å². The van der Waals surface area contributed by atoms with Gasteiger partial charge in [-0.05, 0) is 16.8 Å². The van der Waals surface area contributed by atoms with Gasteiger partial charge in [0.1, 0.15) is 6.07 Å². The monoisotopic (exact) mass is 151 g/mol. The van der Waals surface area contributed by atoms with Crippen molar-refractivity contribution in [1.82, 2.24) is 0 Å². The Morgan fingerprint density at radius 1 is 1.80 bits per heavy atom. The summed E-state index contributed by atoms with van der Waals surface area (Å²) >= 11 is 1.50. The molecule has 50 valence electrons. The van der Waals surface area contributed by atoms with Crippen LogP contribution in [0.2, 0.25) is 0 Å². The Kier molecular flexibility index (Phi) is 2.08. The Morgan fingerprint density at radius 3 is 3.00 bits per heavy atom. The van der Waals surface area contributed by atoms with E-state index in [4.69, 9.17) is 10.4 Å². The smallest absolute Gasteiger partial charge is 0.103 e. The fraction of sp³-hybridized carbons (Fsp3) is 0. The summed E-state index contributed by atoms with van der Waals surface area (Å²) in [6.45, 7) is 0. The predicted octanol–water partition coefficient (Wildman–Crippen LogP) is 2.17. The highest BCUT2D eigenvalue weighted by Gasteiger charge is 1.98. The standard InChI is InChI=1S/C7H5NOS/c8-3-7(4-9)6-1-2-10-5-6/h1-2,4-5,9H/b7-4+. The molecule has 10 heavy (non-hydrogen) atoms. The van der Waals surface area contributed by atoms with Gasteiger partial charge < -0.3 is 5.11 Å². The Morgan fingerprint density at radius 2 is 2.60 bits per heavy atom. The molecule has 0 radical (unpaired) electrons. The molecule has 0 aliphatic rings. The minimum absolute atomic E-state index is 0.307. The molecule has 3 heteroatoms. The first-order valence-corrected chi connectivity index (χ1v) is 3.60. The second kappa shape index (κ2) is 3.04. The van der Waals surface area contributed by atoms with Crippen LogP contribution in [0.25, 0.3) is 5.57 Å². The molecular formula is C7H5NOS. The molecule has 1 aromatic heterocycles.